The number of alkyl halides is 3. The monoisotopic (exact) mass is 532 g/mol. The van der Waals surface area contributed by atoms with Gasteiger partial charge in [0.05, 0.1) is 6.42 Å². The highest BCUT2D eigenvalue weighted by Gasteiger charge is 2.30. The van der Waals surface area contributed by atoms with E-state index in [4.69, 9.17) is 9.90 Å². The summed E-state index contributed by atoms with van der Waals surface area (Å²) in [5, 5.41) is 10.6. The SMILES string of the molecule is CCCn1c(=O)c2c(n(CC(C)C)c1=O)N=C(Cc1ccc(Br)cc1)[NH2+]2.O=C([O-])C(F)(F)F. The summed E-state index contributed by atoms with van der Waals surface area (Å²) in [6, 6.07) is 8.03. The molecule has 3 rings (SSSR count). The van der Waals surface area contributed by atoms with Crippen LogP contribution in [-0.4, -0.2) is 27.1 Å². The first-order valence-corrected chi connectivity index (χ1v) is 11.0. The number of quaternary nitrogens is 1. The molecule has 1 aromatic heterocycles. The van der Waals surface area contributed by atoms with Gasteiger partial charge in [-0.15, -0.1) is 0 Å². The largest absolute Gasteiger partial charge is 0.542 e. The van der Waals surface area contributed by atoms with E-state index in [1.807, 2.05) is 36.5 Å². The Morgan fingerprint density at radius 1 is 1.18 bits per heavy atom. The Bertz CT molecular complexity index is 1150. The number of carboxylic acids is 1. The van der Waals surface area contributed by atoms with Crippen LogP contribution in [0.4, 0.5) is 24.7 Å². The predicted molar refractivity (Wildman–Crippen MR) is 118 cm³/mol. The quantitative estimate of drug-likeness (QED) is 0.608. The van der Waals surface area contributed by atoms with Crippen LogP contribution in [0.1, 0.15) is 32.8 Å². The second kappa shape index (κ2) is 10.9. The van der Waals surface area contributed by atoms with Gasteiger partial charge in [-0.1, -0.05) is 48.8 Å². The first-order valence-electron chi connectivity index (χ1n) is 10.2. The summed E-state index contributed by atoms with van der Waals surface area (Å²) in [5.41, 5.74) is 1.15. The molecule has 0 spiro atoms. The van der Waals surface area contributed by atoms with Crippen LogP contribution in [0.3, 0.4) is 0 Å². The molecule has 0 bridgehead atoms. The standard InChI is InChI=1S/C19H23BrN4O2.C2HF3O2/c1-4-9-23-18(25)16-17(24(19(23)26)11-12(2)3)22-15(21-16)10-13-5-7-14(20)8-6-13;3-2(4,5)1(6)7/h5-8,12H,4,9-11H2,1-3H3,(H,21,22);(H,6,7). The van der Waals surface area contributed by atoms with Crippen molar-refractivity contribution in [2.75, 3.05) is 0 Å². The summed E-state index contributed by atoms with van der Waals surface area (Å²) in [6.45, 7) is 7.05. The summed E-state index contributed by atoms with van der Waals surface area (Å²) in [4.78, 5) is 39.0. The van der Waals surface area contributed by atoms with Crippen molar-refractivity contribution in [2.24, 2.45) is 10.9 Å². The van der Waals surface area contributed by atoms with Gasteiger partial charge in [0, 0.05) is 17.6 Å². The van der Waals surface area contributed by atoms with E-state index in [9.17, 15) is 22.8 Å². The second-order valence-electron chi connectivity index (χ2n) is 7.82. The van der Waals surface area contributed by atoms with E-state index in [0.717, 1.165) is 22.3 Å². The first kappa shape index (κ1) is 26.5. The minimum absolute atomic E-state index is 0.235. The van der Waals surface area contributed by atoms with Gasteiger partial charge in [0.1, 0.15) is 5.97 Å². The van der Waals surface area contributed by atoms with Gasteiger partial charge >= 0.3 is 17.4 Å². The molecule has 180 valence electrons. The Kier molecular flexibility index (Phi) is 8.78. The van der Waals surface area contributed by atoms with Crippen molar-refractivity contribution in [3.8, 4) is 0 Å². The Balaban J connectivity index is 0.000000479. The maximum atomic E-state index is 12.8. The van der Waals surface area contributed by atoms with Gasteiger partial charge in [-0.25, -0.2) is 4.79 Å². The van der Waals surface area contributed by atoms with Crippen molar-refractivity contribution in [2.45, 2.75) is 52.9 Å². The van der Waals surface area contributed by atoms with Crippen LogP contribution in [-0.2, 0) is 24.3 Å². The number of rotatable bonds is 6. The lowest BCUT2D eigenvalue weighted by Gasteiger charge is -2.13. The van der Waals surface area contributed by atoms with Gasteiger partial charge < -0.3 is 9.90 Å². The summed E-state index contributed by atoms with van der Waals surface area (Å²) >= 11 is 3.43. The van der Waals surface area contributed by atoms with E-state index in [0.29, 0.717) is 31.0 Å². The van der Waals surface area contributed by atoms with Gasteiger partial charge in [-0.2, -0.15) is 18.2 Å². The minimum Gasteiger partial charge on any atom is -0.542 e. The van der Waals surface area contributed by atoms with E-state index < -0.39 is 12.1 Å². The van der Waals surface area contributed by atoms with Gasteiger partial charge in [0.2, 0.25) is 17.3 Å². The van der Waals surface area contributed by atoms with Crippen molar-refractivity contribution in [1.82, 2.24) is 9.13 Å². The van der Waals surface area contributed by atoms with Crippen LogP contribution in [0, 0.1) is 5.92 Å². The van der Waals surface area contributed by atoms with Crippen molar-refractivity contribution < 1.29 is 28.4 Å². The lowest BCUT2D eigenvalue weighted by atomic mass is 10.1. The Labute approximate surface area is 195 Å². The molecular formula is C21H24BrF3N4O4. The predicted octanol–water partition coefficient (Wildman–Crippen LogP) is 1.62. The molecule has 2 heterocycles. The number of fused-ring (bicyclic) bond motifs is 1. The van der Waals surface area contributed by atoms with Crippen LogP contribution in [0.15, 0.2) is 43.3 Å². The van der Waals surface area contributed by atoms with Crippen LogP contribution >= 0.6 is 15.9 Å². The smallest absolute Gasteiger partial charge is 0.430 e. The number of nitrogens with two attached hydrogens (primary N) is 1. The molecule has 0 saturated carbocycles. The van der Waals surface area contributed by atoms with E-state index in [1.54, 1.807) is 4.57 Å². The summed E-state index contributed by atoms with van der Waals surface area (Å²) in [6.07, 6.45) is -3.83. The highest BCUT2D eigenvalue weighted by molar-refractivity contribution is 9.10. The molecule has 12 heteroatoms. The fourth-order valence-electron chi connectivity index (χ4n) is 3.14. The molecule has 2 N–H and O–H groups in total. The van der Waals surface area contributed by atoms with E-state index in [2.05, 4.69) is 34.8 Å². The van der Waals surface area contributed by atoms with Crippen molar-refractivity contribution in [3.63, 3.8) is 0 Å². The molecule has 0 unspecified atom stereocenters. The molecule has 0 radical (unpaired) electrons. The molecule has 0 amide bonds. The highest BCUT2D eigenvalue weighted by atomic mass is 79.9. The van der Waals surface area contributed by atoms with Gasteiger partial charge in [0.15, 0.2) is 0 Å². The number of nitrogens with zero attached hydrogens (tertiary/aromatic N) is 3. The zero-order valence-electron chi connectivity index (χ0n) is 18.3. The number of carboxylic acid groups (broad SMARTS) is 1. The molecule has 33 heavy (non-hydrogen) atoms. The topological polar surface area (TPSA) is 113 Å². The maximum Gasteiger partial charge on any atom is 0.430 e. The van der Waals surface area contributed by atoms with Crippen LogP contribution in [0.2, 0.25) is 0 Å². The lowest BCUT2D eigenvalue weighted by molar-refractivity contribution is -0.442. The lowest BCUT2D eigenvalue weighted by Crippen LogP contribution is -2.83. The Morgan fingerprint density at radius 3 is 2.24 bits per heavy atom. The number of benzene rings is 1. The second-order valence-corrected chi connectivity index (χ2v) is 8.73. The van der Waals surface area contributed by atoms with Crippen LogP contribution in [0.5, 0.6) is 0 Å². The molecule has 8 nitrogen and oxygen atoms in total. The summed E-state index contributed by atoms with van der Waals surface area (Å²) in [5.74, 6) is -1.40. The highest BCUT2D eigenvalue weighted by Crippen LogP contribution is 2.21. The number of aliphatic carboxylic acids is 1. The molecule has 1 aliphatic heterocycles. The summed E-state index contributed by atoms with van der Waals surface area (Å²) < 4.78 is 35.6. The van der Waals surface area contributed by atoms with Gasteiger partial charge in [0.25, 0.3) is 0 Å². The Hall–Kier alpha value is -2.73. The number of carbonyl (C=O) groups is 1. The molecule has 2 aromatic rings. The molecule has 1 aromatic carbocycles. The van der Waals surface area contributed by atoms with Gasteiger partial charge in [-0.3, -0.25) is 19.2 Å². The zero-order chi connectivity index (χ0) is 24.9. The maximum absolute atomic E-state index is 12.8. The fraction of sp³-hybridized carbons (Fsp3) is 0.429. The third-order valence-corrected chi connectivity index (χ3v) is 5.05. The molecule has 0 atom stereocenters. The normalized spacial score (nSPS) is 12.8. The number of aliphatic imine (C=N–C) groups is 1. The minimum atomic E-state index is -5.19. The molecule has 0 saturated heterocycles. The molecule has 0 aliphatic carbocycles. The number of carbonyl (C=O) groups excluding carboxylic acids is 1. The number of hydrogen-bond acceptors (Lipinski definition) is 5. The average Bonchev–Trinajstić information content (AvgIpc) is 3.14. The van der Waals surface area contributed by atoms with E-state index >= 15 is 0 Å². The average molecular weight is 533 g/mol. The third kappa shape index (κ3) is 6.87. The van der Waals surface area contributed by atoms with Crippen molar-refractivity contribution in [1.29, 1.82) is 0 Å². The van der Waals surface area contributed by atoms with E-state index in [-0.39, 0.29) is 17.2 Å². The number of aromatic nitrogens is 2. The molecule has 1 aliphatic rings. The number of halogens is 4. The summed E-state index contributed by atoms with van der Waals surface area (Å²) in [7, 11) is 0. The van der Waals surface area contributed by atoms with Crippen LogP contribution < -0.4 is 21.7 Å². The van der Waals surface area contributed by atoms with Gasteiger partial charge in [-0.05, 0) is 30.0 Å². The number of hydrogen-bond donors (Lipinski definition) is 1. The zero-order valence-corrected chi connectivity index (χ0v) is 19.9. The van der Waals surface area contributed by atoms with Crippen LogP contribution in [0.25, 0.3) is 0 Å². The number of amidine groups is 1. The van der Waals surface area contributed by atoms with Crippen molar-refractivity contribution >= 4 is 39.2 Å². The fourth-order valence-corrected chi connectivity index (χ4v) is 3.41. The first-order chi connectivity index (χ1) is 15.3. The Morgan fingerprint density at radius 2 is 1.76 bits per heavy atom. The van der Waals surface area contributed by atoms with E-state index in [1.165, 1.54) is 4.57 Å². The molecule has 0 fully saturated rings. The molecular weight excluding hydrogens is 509 g/mol. The third-order valence-electron chi connectivity index (χ3n) is 4.52. The van der Waals surface area contributed by atoms with Crippen molar-refractivity contribution in [3.05, 3.63) is 55.1 Å².